The molecule has 1 aliphatic carbocycles. The number of hydrogen-bond donors (Lipinski definition) is 1. The fourth-order valence-corrected chi connectivity index (χ4v) is 3.04. The Labute approximate surface area is 108 Å². The molecule has 0 spiro atoms. The molecule has 1 N–H and O–H groups in total. The first kappa shape index (κ1) is 15.0. The summed E-state index contributed by atoms with van der Waals surface area (Å²) in [6.07, 6.45) is 10.1. The molecular formula is C15H32N2. The molecule has 0 aromatic carbocycles. The van der Waals surface area contributed by atoms with Gasteiger partial charge in [-0.05, 0) is 45.4 Å². The maximum absolute atomic E-state index is 3.30. The normalized spacial score (nSPS) is 19.8. The molecule has 1 aliphatic rings. The molecule has 2 heteroatoms. The molecule has 2 nitrogen and oxygen atoms in total. The third-order valence-corrected chi connectivity index (χ3v) is 4.28. The molecule has 0 aliphatic heterocycles. The topological polar surface area (TPSA) is 15.3 Å². The minimum atomic E-state index is 0.816. The molecule has 0 aromatic heterocycles. The van der Waals surface area contributed by atoms with Gasteiger partial charge in [0.25, 0.3) is 0 Å². The molecule has 1 saturated carbocycles. The van der Waals surface area contributed by atoms with Crippen molar-refractivity contribution in [3.05, 3.63) is 0 Å². The van der Waals surface area contributed by atoms with Crippen molar-refractivity contribution in [3.8, 4) is 0 Å². The molecule has 1 fully saturated rings. The van der Waals surface area contributed by atoms with Gasteiger partial charge in [0.15, 0.2) is 0 Å². The van der Waals surface area contributed by atoms with Gasteiger partial charge >= 0.3 is 0 Å². The number of nitrogens with one attached hydrogen (secondary N) is 1. The van der Waals surface area contributed by atoms with Crippen LogP contribution in [0.25, 0.3) is 0 Å². The summed E-state index contributed by atoms with van der Waals surface area (Å²) in [5.41, 5.74) is 0. The summed E-state index contributed by atoms with van der Waals surface area (Å²) in [7, 11) is 4.35. The van der Waals surface area contributed by atoms with Crippen LogP contribution in [0.2, 0.25) is 0 Å². The van der Waals surface area contributed by atoms with Crippen LogP contribution >= 0.6 is 0 Å². The Balaban J connectivity index is 2.12. The fraction of sp³-hybridized carbons (Fsp3) is 1.00. The average Bonchev–Trinajstić information content (AvgIpc) is 2.37. The zero-order chi connectivity index (χ0) is 12.5. The predicted molar refractivity (Wildman–Crippen MR) is 76.4 cm³/mol. The van der Waals surface area contributed by atoms with Crippen molar-refractivity contribution in [1.82, 2.24) is 10.2 Å². The van der Waals surface area contributed by atoms with Gasteiger partial charge in [-0.2, -0.15) is 0 Å². The van der Waals surface area contributed by atoms with Crippen LogP contribution in [0.15, 0.2) is 0 Å². The second kappa shape index (κ2) is 8.93. The molecule has 17 heavy (non-hydrogen) atoms. The van der Waals surface area contributed by atoms with Crippen LogP contribution in [0.3, 0.4) is 0 Å². The van der Waals surface area contributed by atoms with Crippen molar-refractivity contribution in [2.45, 2.75) is 51.9 Å². The van der Waals surface area contributed by atoms with E-state index in [4.69, 9.17) is 0 Å². The summed E-state index contributed by atoms with van der Waals surface area (Å²) < 4.78 is 0. The maximum Gasteiger partial charge on any atom is 0.00186 e. The molecule has 102 valence electrons. The van der Waals surface area contributed by atoms with Gasteiger partial charge in [-0.1, -0.05) is 45.4 Å². The van der Waals surface area contributed by atoms with Crippen LogP contribution in [-0.2, 0) is 0 Å². The number of rotatable bonds is 8. The minimum absolute atomic E-state index is 0.816. The number of hydrogen-bond acceptors (Lipinski definition) is 2. The SMILES string of the molecule is CCC(CNC)CN(C)CCC1CCCCC1. The summed E-state index contributed by atoms with van der Waals surface area (Å²) in [5, 5.41) is 3.30. The van der Waals surface area contributed by atoms with Crippen LogP contribution in [0.1, 0.15) is 51.9 Å². The fourth-order valence-electron chi connectivity index (χ4n) is 3.04. The molecule has 1 rings (SSSR count). The standard InChI is InChI=1S/C15H32N2/c1-4-14(12-16-2)13-17(3)11-10-15-8-6-5-7-9-15/h14-16H,4-13H2,1-3H3. The van der Waals surface area contributed by atoms with E-state index >= 15 is 0 Å². The monoisotopic (exact) mass is 240 g/mol. The van der Waals surface area contributed by atoms with Crippen molar-refractivity contribution in [2.75, 3.05) is 33.7 Å². The molecule has 0 radical (unpaired) electrons. The lowest BCUT2D eigenvalue weighted by Gasteiger charge is -2.27. The molecule has 0 saturated heterocycles. The van der Waals surface area contributed by atoms with Crippen LogP contribution in [-0.4, -0.2) is 38.6 Å². The maximum atomic E-state index is 3.30. The Morgan fingerprint density at radius 1 is 1.24 bits per heavy atom. The molecule has 0 aromatic rings. The van der Waals surface area contributed by atoms with E-state index in [2.05, 4.69) is 31.2 Å². The lowest BCUT2D eigenvalue weighted by atomic mass is 9.87. The highest BCUT2D eigenvalue weighted by molar-refractivity contribution is 4.69. The predicted octanol–water partition coefficient (Wildman–Crippen LogP) is 3.13. The van der Waals surface area contributed by atoms with E-state index in [1.807, 2.05) is 0 Å². The summed E-state index contributed by atoms with van der Waals surface area (Å²) in [6, 6.07) is 0. The van der Waals surface area contributed by atoms with E-state index < -0.39 is 0 Å². The smallest absolute Gasteiger partial charge is 0.00186 e. The van der Waals surface area contributed by atoms with E-state index in [1.54, 1.807) is 0 Å². The van der Waals surface area contributed by atoms with E-state index in [0.29, 0.717) is 0 Å². The molecule has 0 amide bonds. The molecule has 1 atom stereocenters. The summed E-state index contributed by atoms with van der Waals surface area (Å²) in [5.74, 6) is 1.84. The molecule has 0 bridgehead atoms. The largest absolute Gasteiger partial charge is 0.319 e. The summed E-state index contributed by atoms with van der Waals surface area (Å²) in [6.45, 7) is 6.01. The van der Waals surface area contributed by atoms with Gasteiger partial charge in [0.1, 0.15) is 0 Å². The molecular weight excluding hydrogens is 208 g/mol. The molecule has 0 heterocycles. The van der Waals surface area contributed by atoms with Crippen LogP contribution in [0.5, 0.6) is 0 Å². The average molecular weight is 240 g/mol. The van der Waals surface area contributed by atoms with E-state index in [-0.39, 0.29) is 0 Å². The lowest BCUT2D eigenvalue weighted by molar-refractivity contribution is 0.232. The van der Waals surface area contributed by atoms with Gasteiger partial charge in [0.2, 0.25) is 0 Å². The lowest BCUT2D eigenvalue weighted by Crippen LogP contribution is -2.32. The Kier molecular flexibility index (Phi) is 7.87. The van der Waals surface area contributed by atoms with Gasteiger partial charge in [-0.3, -0.25) is 0 Å². The van der Waals surface area contributed by atoms with Crippen LogP contribution < -0.4 is 5.32 Å². The Bertz CT molecular complexity index is 176. The van der Waals surface area contributed by atoms with E-state index in [9.17, 15) is 0 Å². The van der Waals surface area contributed by atoms with Crippen molar-refractivity contribution in [1.29, 1.82) is 0 Å². The van der Waals surface area contributed by atoms with Crippen LogP contribution in [0, 0.1) is 11.8 Å². The van der Waals surface area contributed by atoms with Gasteiger partial charge in [0, 0.05) is 6.54 Å². The van der Waals surface area contributed by atoms with Gasteiger partial charge in [-0.25, -0.2) is 0 Å². The minimum Gasteiger partial charge on any atom is -0.319 e. The Hall–Kier alpha value is -0.0800. The molecule has 1 unspecified atom stereocenters. The quantitative estimate of drug-likeness (QED) is 0.701. The summed E-state index contributed by atoms with van der Waals surface area (Å²) in [4.78, 5) is 2.54. The van der Waals surface area contributed by atoms with E-state index in [1.165, 1.54) is 58.0 Å². The second-order valence-corrected chi connectivity index (χ2v) is 5.89. The van der Waals surface area contributed by atoms with Crippen LogP contribution in [0.4, 0.5) is 0 Å². The highest BCUT2D eigenvalue weighted by Gasteiger charge is 2.15. The van der Waals surface area contributed by atoms with E-state index in [0.717, 1.165) is 18.4 Å². The van der Waals surface area contributed by atoms with Gasteiger partial charge < -0.3 is 10.2 Å². The van der Waals surface area contributed by atoms with Crippen molar-refractivity contribution < 1.29 is 0 Å². The first-order valence-corrected chi connectivity index (χ1v) is 7.59. The third-order valence-electron chi connectivity index (χ3n) is 4.28. The Morgan fingerprint density at radius 2 is 1.94 bits per heavy atom. The zero-order valence-corrected chi connectivity index (χ0v) is 12.2. The highest BCUT2D eigenvalue weighted by atomic mass is 15.1. The Morgan fingerprint density at radius 3 is 2.53 bits per heavy atom. The zero-order valence-electron chi connectivity index (χ0n) is 12.2. The van der Waals surface area contributed by atoms with Crippen molar-refractivity contribution in [2.24, 2.45) is 11.8 Å². The highest BCUT2D eigenvalue weighted by Crippen LogP contribution is 2.26. The first-order chi connectivity index (χ1) is 8.26. The van der Waals surface area contributed by atoms with Gasteiger partial charge in [-0.15, -0.1) is 0 Å². The first-order valence-electron chi connectivity index (χ1n) is 7.59. The third kappa shape index (κ3) is 6.42. The summed E-state index contributed by atoms with van der Waals surface area (Å²) >= 11 is 0. The van der Waals surface area contributed by atoms with Gasteiger partial charge in [0.05, 0.1) is 0 Å². The number of nitrogens with zero attached hydrogens (tertiary/aromatic N) is 1. The van der Waals surface area contributed by atoms with Crippen molar-refractivity contribution in [3.63, 3.8) is 0 Å². The van der Waals surface area contributed by atoms with Crippen molar-refractivity contribution >= 4 is 0 Å². The second-order valence-electron chi connectivity index (χ2n) is 5.89.